The molecule has 0 heterocycles. The van der Waals surface area contributed by atoms with Gasteiger partial charge in [-0.15, -0.1) is 0 Å². The van der Waals surface area contributed by atoms with E-state index in [1.54, 1.807) is 0 Å². The van der Waals surface area contributed by atoms with Gasteiger partial charge in [0, 0.05) is 5.56 Å². The molecule has 76 valence electrons. The van der Waals surface area contributed by atoms with Crippen molar-refractivity contribution in [1.82, 2.24) is 0 Å². The van der Waals surface area contributed by atoms with Crippen molar-refractivity contribution >= 4 is 17.1 Å². The molecule has 0 radical (unpaired) electrons. The monoisotopic (exact) mass is 210 g/mol. The van der Waals surface area contributed by atoms with Gasteiger partial charge in [-0.25, -0.2) is 13.2 Å². The lowest BCUT2D eigenvalue weighted by Crippen LogP contribution is -1.92. The summed E-state index contributed by atoms with van der Waals surface area (Å²) in [7, 11) is 0. The topological polar surface area (TPSA) is 17.1 Å². The van der Waals surface area contributed by atoms with Gasteiger partial charge < -0.3 is 0 Å². The van der Waals surface area contributed by atoms with Crippen LogP contribution in [0.2, 0.25) is 0 Å². The van der Waals surface area contributed by atoms with E-state index in [0.29, 0.717) is 6.29 Å². The highest BCUT2D eigenvalue weighted by Crippen LogP contribution is 2.24. The van der Waals surface area contributed by atoms with Gasteiger partial charge in [-0.1, -0.05) is 6.07 Å². The van der Waals surface area contributed by atoms with Gasteiger partial charge in [0.2, 0.25) is 0 Å². The number of halogens is 3. The van der Waals surface area contributed by atoms with E-state index in [2.05, 4.69) is 0 Å². The number of aldehydes is 1. The molecule has 0 aromatic heterocycles. The molecule has 0 saturated heterocycles. The van der Waals surface area contributed by atoms with Crippen LogP contribution in [0.25, 0.3) is 10.8 Å². The molecular formula is C11H5F3O. The highest BCUT2D eigenvalue weighted by Gasteiger charge is 2.12. The van der Waals surface area contributed by atoms with Crippen LogP contribution in [0.1, 0.15) is 10.4 Å². The fourth-order valence-corrected chi connectivity index (χ4v) is 1.44. The first-order valence-corrected chi connectivity index (χ1v) is 4.16. The summed E-state index contributed by atoms with van der Waals surface area (Å²) in [5, 5.41) is -0.267. The molecule has 0 aliphatic heterocycles. The molecule has 0 amide bonds. The minimum Gasteiger partial charge on any atom is -0.298 e. The Kier molecular flexibility index (Phi) is 2.19. The van der Waals surface area contributed by atoms with Crippen LogP contribution in [-0.2, 0) is 0 Å². The van der Waals surface area contributed by atoms with Crippen molar-refractivity contribution in [2.24, 2.45) is 0 Å². The lowest BCUT2D eigenvalue weighted by molar-refractivity contribution is 0.112. The van der Waals surface area contributed by atoms with Crippen molar-refractivity contribution in [3.8, 4) is 0 Å². The van der Waals surface area contributed by atoms with Gasteiger partial charge in [0.1, 0.15) is 12.1 Å². The number of carbonyl (C=O) groups is 1. The van der Waals surface area contributed by atoms with Gasteiger partial charge in [-0.2, -0.15) is 0 Å². The highest BCUT2D eigenvalue weighted by molar-refractivity contribution is 5.89. The Balaban J connectivity index is 2.91. The summed E-state index contributed by atoms with van der Waals surface area (Å²) in [5.74, 6) is -3.28. The smallest absolute Gasteiger partial charge is 0.169 e. The normalized spacial score (nSPS) is 10.6. The van der Waals surface area contributed by atoms with Gasteiger partial charge in [0.05, 0.1) is 5.39 Å². The molecule has 2 aromatic rings. The predicted octanol–water partition coefficient (Wildman–Crippen LogP) is 3.07. The molecule has 0 spiro atoms. The van der Waals surface area contributed by atoms with E-state index in [-0.39, 0.29) is 10.9 Å². The van der Waals surface area contributed by atoms with Gasteiger partial charge >= 0.3 is 0 Å². The fourth-order valence-electron chi connectivity index (χ4n) is 1.44. The van der Waals surface area contributed by atoms with E-state index in [9.17, 15) is 18.0 Å². The first-order valence-electron chi connectivity index (χ1n) is 4.16. The molecule has 0 bridgehead atoms. The third-order valence-electron chi connectivity index (χ3n) is 2.12. The zero-order chi connectivity index (χ0) is 11.0. The van der Waals surface area contributed by atoms with Gasteiger partial charge in [-0.3, -0.25) is 4.79 Å². The Morgan fingerprint density at radius 3 is 2.40 bits per heavy atom. The Bertz CT molecular complexity index is 549. The van der Waals surface area contributed by atoms with E-state index in [1.807, 2.05) is 0 Å². The number of carbonyl (C=O) groups excluding carboxylic acids is 1. The summed E-state index contributed by atoms with van der Waals surface area (Å²) in [6, 6.07) is 4.29. The third kappa shape index (κ3) is 1.48. The zero-order valence-electron chi connectivity index (χ0n) is 7.43. The van der Waals surface area contributed by atoms with Crippen LogP contribution < -0.4 is 0 Å². The van der Waals surface area contributed by atoms with Crippen LogP contribution in [0.5, 0.6) is 0 Å². The van der Waals surface area contributed by atoms with Crippen molar-refractivity contribution in [2.45, 2.75) is 0 Å². The van der Waals surface area contributed by atoms with Crippen molar-refractivity contribution in [3.05, 3.63) is 47.3 Å². The minimum absolute atomic E-state index is 0.0889. The van der Waals surface area contributed by atoms with Crippen molar-refractivity contribution in [3.63, 3.8) is 0 Å². The average Bonchev–Trinajstić information content (AvgIpc) is 2.23. The minimum atomic E-state index is -1.23. The van der Waals surface area contributed by atoms with E-state index >= 15 is 0 Å². The van der Waals surface area contributed by atoms with Gasteiger partial charge in [0.15, 0.2) is 11.6 Å². The second kappa shape index (κ2) is 3.38. The average molecular weight is 210 g/mol. The predicted molar refractivity (Wildman–Crippen MR) is 49.2 cm³/mol. The molecule has 0 atom stereocenters. The summed E-state index contributed by atoms with van der Waals surface area (Å²) in [4.78, 5) is 10.4. The zero-order valence-corrected chi connectivity index (χ0v) is 7.43. The quantitative estimate of drug-likeness (QED) is 0.661. The SMILES string of the molecule is O=Cc1cc(F)c2c(F)c(F)ccc2c1. The maximum atomic E-state index is 13.3. The second-order valence-corrected chi connectivity index (χ2v) is 3.08. The summed E-state index contributed by atoms with van der Waals surface area (Å²) >= 11 is 0. The molecule has 0 aliphatic rings. The maximum Gasteiger partial charge on any atom is 0.169 e. The number of fused-ring (bicyclic) bond motifs is 1. The number of benzene rings is 2. The molecular weight excluding hydrogens is 205 g/mol. The van der Waals surface area contributed by atoms with Gasteiger partial charge in [0.25, 0.3) is 0 Å². The first-order chi connectivity index (χ1) is 7.13. The first kappa shape index (κ1) is 9.71. The molecule has 0 saturated carbocycles. The van der Waals surface area contributed by atoms with E-state index < -0.39 is 22.8 Å². The molecule has 2 rings (SSSR count). The van der Waals surface area contributed by atoms with Gasteiger partial charge in [-0.05, 0) is 23.6 Å². The van der Waals surface area contributed by atoms with E-state index in [0.717, 1.165) is 12.1 Å². The molecule has 1 nitrogen and oxygen atoms in total. The largest absolute Gasteiger partial charge is 0.298 e. The van der Waals surface area contributed by atoms with Crippen LogP contribution in [0.3, 0.4) is 0 Å². The van der Waals surface area contributed by atoms with E-state index in [1.165, 1.54) is 12.1 Å². The molecule has 2 aromatic carbocycles. The Morgan fingerprint density at radius 2 is 1.73 bits per heavy atom. The number of rotatable bonds is 1. The molecule has 0 aliphatic carbocycles. The Labute approximate surface area is 83.1 Å². The molecule has 15 heavy (non-hydrogen) atoms. The second-order valence-electron chi connectivity index (χ2n) is 3.08. The van der Waals surface area contributed by atoms with Crippen LogP contribution in [0.15, 0.2) is 24.3 Å². The maximum absolute atomic E-state index is 13.3. The number of hydrogen-bond acceptors (Lipinski definition) is 1. The fraction of sp³-hybridized carbons (Fsp3) is 0. The van der Waals surface area contributed by atoms with Crippen molar-refractivity contribution in [2.75, 3.05) is 0 Å². The molecule has 4 heteroatoms. The van der Waals surface area contributed by atoms with E-state index in [4.69, 9.17) is 0 Å². The molecule has 0 fully saturated rings. The summed E-state index contributed by atoms with van der Waals surface area (Å²) < 4.78 is 39.3. The third-order valence-corrected chi connectivity index (χ3v) is 2.12. The van der Waals surface area contributed by atoms with Crippen LogP contribution in [0, 0.1) is 17.5 Å². The summed E-state index contributed by atoms with van der Waals surface area (Å²) in [6.45, 7) is 0. The van der Waals surface area contributed by atoms with Crippen LogP contribution >= 0.6 is 0 Å². The molecule has 0 unspecified atom stereocenters. The highest BCUT2D eigenvalue weighted by atomic mass is 19.2. The van der Waals surface area contributed by atoms with Crippen molar-refractivity contribution < 1.29 is 18.0 Å². The number of hydrogen-bond donors (Lipinski definition) is 0. The van der Waals surface area contributed by atoms with Crippen LogP contribution in [0.4, 0.5) is 13.2 Å². The summed E-state index contributed by atoms with van der Waals surface area (Å²) in [6.07, 6.45) is 0.448. The lowest BCUT2D eigenvalue weighted by Gasteiger charge is -2.02. The van der Waals surface area contributed by atoms with Crippen molar-refractivity contribution in [1.29, 1.82) is 0 Å². The molecule has 0 N–H and O–H groups in total. The Hall–Kier alpha value is -1.84. The Morgan fingerprint density at radius 1 is 1.00 bits per heavy atom. The summed E-state index contributed by atoms with van der Waals surface area (Å²) in [5.41, 5.74) is 0.0889. The van der Waals surface area contributed by atoms with Crippen LogP contribution in [-0.4, -0.2) is 6.29 Å². The lowest BCUT2D eigenvalue weighted by atomic mass is 10.1. The standard InChI is InChI=1S/C11H5F3O/c12-8-2-1-7-3-6(5-15)4-9(13)10(7)11(8)14/h1-5H.